The predicted molar refractivity (Wildman–Crippen MR) is 78.5 cm³/mol. The second-order valence-corrected chi connectivity index (χ2v) is 5.09. The van der Waals surface area contributed by atoms with Crippen LogP contribution in [0.15, 0.2) is 16.6 Å². The molecule has 1 amide bonds. The minimum atomic E-state index is -0.604. The van der Waals surface area contributed by atoms with Gasteiger partial charge in [0.2, 0.25) is 5.91 Å². The Bertz CT molecular complexity index is 452. The fourth-order valence-electron chi connectivity index (χ4n) is 1.63. The first-order chi connectivity index (χ1) is 8.99. The van der Waals surface area contributed by atoms with Crippen LogP contribution in [0.25, 0.3) is 0 Å². The molecule has 19 heavy (non-hydrogen) atoms. The van der Waals surface area contributed by atoms with Crippen molar-refractivity contribution in [3.8, 4) is 5.75 Å². The van der Waals surface area contributed by atoms with Gasteiger partial charge in [0.25, 0.3) is 0 Å². The van der Waals surface area contributed by atoms with E-state index in [2.05, 4.69) is 21.2 Å². The van der Waals surface area contributed by atoms with Gasteiger partial charge in [0.05, 0.1) is 18.8 Å². The maximum atomic E-state index is 12.0. The zero-order valence-corrected chi connectivity index (χ0v) is 12.9. The Balaban J connectivity index is 2.84. The molecular weight excluding hydrogens is 312 g/mol. The van der Waals surface area contributed by atoms with E-state index in [4.69, 9.17) is 15.2 Å². The fourth-order valence-corrected chi connectivity index (χ4v) is 2.18. The first-order valence-electron chi connectivity index (χ1n) is 5.89. The maximum Gasteiger partial charge on any atom is 0.241 e. The van der Waals surface area contributed by atoms with Crippen LogP contribution in [0.3, 0.4) is 0 Å². The zero-order valence-electron chi connectivity index (χ0n) is 11.3. The van der Waals surface area contributed by atoms with Crippen molar-refractivity contribution in [3.63, 3.8) is 0 Å². The Hall–Kier alpha value is -1.11. The first-order valence-corrected chi connectivity index (χ1v) is 6.68. The number of halogens is 1. The summed E-state index contributed by atoms with van der Waals surface area (Å²) in [5.74, 6) is 0.347. The van der Waals surface area contributed by atoms with E-state index >= 15 is 0 Å². The van der Waals surface area contributed by atoms with Gasteiger partial charge in [-0.25, -0.2) is 0 Å². The molecule has 1 rings (SSSR count). The molecule has 0 heterocycles. The standard InChI is InChI=1S/C13H19BrN2O3/c1-8-6-9(14)7-11(19-3)12(8)16-13(17)10(15)4-5-18-2/h6-7,10H,4-5,15H2,1-3H3,(H,16,17). The number of carbonyl (C=O) groups excluding carboxylic acids is 1. The quantitative estimate of drug-likeness (QED) is 0.837. The number of nitrogens with two attached hydrogens (primary N) is 1. The maximum absolute atomic E-state index is 12.0. The highest BCUT2D eigenvalue weighted by atomic mass is 79.9. The SMILES string of the molecule is COCCC(N)C(=O)Nc1c(C)cc(Br)cc1OC. The van der Waals surface area contributed by atoms with Gasteiger partial charge in [0.1, 0.15) is 5.75 Å². The third kappa shape index (κ3) is 4.49. The first kappa shape index (κ1) is 15.9. The summed E-state index contributed by atoms with van der Waals surface area (Å²) in [6.45, 7) is 2.34. The fraction of sp³-hybridized carbons (Fsp3) is 0.462. The largest absolute Gasteiger partial charge is 0.495 e. The minimum absolute atomic E-state index is 0.249. The number of anilines is 1. The smallest absolute Gasteiger partial charge is 0.241 e. The number of aryl methyl sites for hydroxylation is 1. The molecule has 3 N–H and O–H groups in total. The zero-order chi connectivity index (χ0) is 14.4. The Morgan fingerprint density at radius 2 is 2.16 bits per heavy atom. The molecule has 6 heteroatoms. The number of benzene rings is 1. The lowest BCUT2D eigenvalue weighted by molar-refractivity contribution is -0.117. The number of rotatable bonds is 6. The average molecular weight is 331 g/mol. The van der Waals surface area contributed by atoms with Gasteiger partial charge in [-0.15, -0.1) is 0 Å². The van der Waals surface area contributed by atoms with E-state index in [0.717, 1.165) is 10.0 Å². The van der Waals surface area contributed by atoms with Gasteiger partial charge in [-0.05, 0) is 31.0 Å². The Kier molecular flexibility index (Phi) is 6.27. The van der Waals surface area contributed by atoms with Crippen LogP contribution in [0.5, 0.6) is 5.75 Å². The van der Waals surface area contributed by atoms with Crippen LogP contribution in [0, 0.1) is 6.92 Å². The van der Waals surface area contributed by atoms with Gasteiger partial charge in [-0.2, -0.15) is 0 Å². The van der Waals surface area contributed by atoms with Crippen LogP contribution >= 0.6 is 15.9 Å². The van der Waals surface area contributed by atoms with Gasteiger partial charge in [0.15, 0.2) is 0 Å². The lowest BCUT2D eigenvalue weighted by Gasteiger charge is -2.16. The minimum Gasteiger partial charge on any atom is -0.495 e. The number of nitrogens with one attached hydrogen (secondary N) is 1. The second-order valence-electron chi connectivity index (χ2n) is 4.18. The molecule has 0 spiro atoms. The third-order valence-corrected chi connectivity index (χ3v) is 3.16. The Labute approximate surface area is 121 Å². The number of methoxy groups -OCH3 is 2. The van der Waals surface area contributed by atoms with Crippen LogP contribution < -0.4 is 15.8 Å². The molecule has 1 unspecified atom stereocenters. The van der Waals surface area contributed by atoms with E-state index < -0.39 is 6.04 Å². The van der Waals surface area contributed by atoms with E-state index in [1.165, 1.54) is 0 Å². The van der Waals surface area contributed by atoms with Crippen LogP contribution in [-0.2, 0) is 9.53 Å². The molecule has 0 aliphatic rings. The molecule has 1 atom stereocenters. The summed E-state index contributed by atoms with van der Waals surface area (Å²) in [5.41, 5.74) is 7.32. The van der Waals surface area contributed by atoms with Crippen molar-refractivity contribution in [2.45, 2.75) is 19.4 Å². The highest BCUT2D eigenvalue weighted by molar-refractivity contribution is 9.10. The molecule has 0 aliphatic heterocycles. The number of amides is 1. The molecule has 5 nitrogen and oxygen atoms in total. The van der Waals surface area contributed by atoms with Crippen molar-refractivity contribution in [1.82, 2.24) is 0 Å². The topological polar surface area (TPSA) is 73.6 Å². The van der Waals surface area contributed by atoms with Crippen molar-refractivity contribution in [3.05, 3.63) is 22.2 Å². The molecule has 0 fully saturated rings. The normalized spacial score (nSPS) is 12.1. The van der Waals surface area contributed by atoms with Gasteiger partial charge in [0, 0.05) is 18.2 Å². The molecule has 0 radical (unpaired) electrons. The van der Waals surface area contributed by atoms with Crippen LogP contribution in [-0.4, -0.2) is 32.8 Å². The summed E-state index contributed by atoms with van der Waals surface area (Å²) in [4.78, 5) is 12.0. The molecule has 0 aliphatic carbocycles. The van der Waals surface area contributed by atoms with Crippen molar-refractivity contribution >= 4 is 27.5 Å². The highest BCUT2D eigenvalue weighted by Crippen LogP contribution is 2.32. The summed E-state index contributed by atoms with van der Waals surface area (Å²) in [6.07, 6.45) is 0.472. The van der Waals surface area contributed by atoms with Gasteiger partial charge >= 0.3 is 0 Å². The number of carbonyl (C=O) groups is 1. The lowest BCUT2D eigenvalue weighted by Crippen LogP contribution is -2.36. The Morgan fingerprint density at radius 3 is 2.74 bits per heavy atom. The van der Waals surface area contributed by atoms with Gasteiger partial charge in [-0.3, -0.25) is 4.79 Å². The molecule has 0 saturated carbocycles. The lowest BCUT2D eigenvalue weighted by atomic mass is 10.1. The molecule has 0 saturated heterocycles. The van der Waals surface area contributed by atoms with E-state index in [1.807, 2.05) is 13.0 Å². The molecule has 0 aromatic heterocycles. The van der Waals surface area contributed by atoms with Gasteiger partial charge < -0.3 is 20.5 Å². The molecule has 1 aromatic rings. The number of hydrogen-bond donors (Lipinski definition) is 2. The molecular formula is C13H19BrN2O3. The molecule has 0 bridgehead atoms. The monoisotopic (exact) mass is 330 g/mol. The predicted octanol–water partition coefficient (Wildman–Crippen LogP) is 2.07. The summed E-state index contributed by atoms with van der Waals surface area (Å²) < 4.78 is 11.1. The second kappa shape index (κ2) is 7.47. The number of hydrogen-bond acceptors (Lipinski definition) is 4. The molecule has 106 valence electrons. The van der Waals surface area contributed by atoms with E-state index in [9.17, 15) is 4.79 Å². The van der Waals surface area contributed by atoms with Crippen LogP contribution in [0.2, 0.25) is 0 Å². The summed E-state index contributed by atoms with van der Waals surface area (Å²) in [7, 11) is 3.13. The van der Waals surface area contributed by atoms with Crippen LogP contribution in [0.4, 0.5) is 5.69 Å². The van der Waals surface area contributed by atoms with Gasteiger partial charge in [-0.1, -0.05) is 15.9 Å². The summed E-state index contributed by atoms with van der Waals surface area (Å²) in [5, 5.41) is 2.80. The average Bonchev–Trinajstić information content (AvgIpc) is 2.38. The highest BCUT2D eigenvalue weighted by Gasteiger charge is 2.17. The van der Waals surface area contributed by atoms with E-state index in [0.29, 0.717) is 24.5 Å². The van der Waals surface area contributed by atoms with Crippen LogP contribution in [0.1, 0.15) is 12.0 Å². The summed E-state index contributed by atoms with van der Waals surface area (Å²) in [6, 6.07) is 3.09. The van der Waals surface area contributed by atoms with Crippen molar-refractivity contribution in [2.24, 2.45) is 5.73 Å². The van der Waals surface area contributed by atoms with E-state index in [1.54, 1.807) is 20.3 Å². The molecule has 1 aromatic carbocycles. The van der Waals surface area contributed by atoms with Crippen molar-refractivity contribution < 1.29 is 14.3 Å². The van der Waals surface area contributed by atoms with E-state index in [-0.39, 0.29) is 5.91 Å². The summed E-state index contributed by atoms with van der Waals surface area (Å²) >= 11 is 3.38. The third-order valence-electron chi connectivity index (χ3n) is 2.70. The number of ether oxygens (including phenoxy) is 2. The Morgan fingerprint density at radius 1 is 1.47 bits per heavy atom. The van der Waals surface area contributed by atoms with Crippen molar-refractivity contribution in [2.75, 3.05) is 26.1 Å². The van der Waals surface area contributed by atoms with Crippen molar-refractivity contribution in [1.29, 1.82) is 0 Å².